The van der Waals surface area contributed by atoms with Crippen molar-refractivity contribution < 1.29 is 9.53 Å². The lowest BCUT2D eigenvalue weighted by molar-refractivity contribution is 0.0520. The molecule has 0 saturated heterocycles. The number of H-pyrrole nitrogens is 1. The SMILES string of the molecule is CCOC(=O)c1cc(Nc2nccn3nc(C(C)(C)C)cc23)c[nH]1. The third-order valence-corrected chi connectivity index (χ3v) is 3.60. The Morgan fingerprint density at radius 3 is 2.88 bits per heavy atom. The van der Waals surface area contributed by atoms with Gasteiger partial charge in [-0.1, -0.05) is 20.8 Å². The number of nitrogens with zero attached hydrogens (tertiary/aromatic N) is 3. The molecule has 0 aliphatic heterocycles. The number of ether oxygens (including phenoxy) is 1. The normalized spacial score (nSPS) is 11.7. The first-order chi connectivity index (χ1) is 11.4. The molecule has 0 bridgehead atoms. The highest BCUT2D eigenvalue weighted by Crippen LogP contribution is 2.26. The summed E-state index contributed by atoms with van der Waals surface area (Å²) in [6.07, 6.45) is 5.21. The molecule has 7 nitrogen and oxygen atoms in total. The molecule has 0 fully saturated rings. The summed E-state index contributed by atoms with van der Waals surface area (Å²) in [4.78, 5) is 19.0. The van der Waals surface area contributed by atoms with E-state index in [9.17, 15) is 4.79 Å². The molecule has 126 valence electrons. The molecule has 0 atom stereocenters. The van der Waals surface area contributed by atoms with Crippen LogP contribution in [0.5, 0.6) is 0 Å². The molecule has 0 radical (unpaired) electrons. The van der Waals surface area contributed by atoms with E-state index in [4.69, 9.17) is 4.74 Å². The summed E-state index contributed by atoms with van der Waals surface area (Å²) in [5.74, 6) is 0.297. The number of aromatic amines is 1. The number of hydrogen-bond acceptors (Lipinski definition) is 5. The summed E-state index contributed by atoms with van der Waals surface area (Å²) < 4.78 is 6.78. The highest BCUT2D eigenvalue weighted by atomic mass is 16.5. The number of carbonyl (C=O) groups is 1. The van der Waals surface area contributed by atoms with Gasteiger partial charge in [0.1, 0.15) is 11.2 Å². The zero-order valence-corrected chi connectivity index (χ0v) is 14.3. The van der Waals surface area contributed by atoms with Gasteiger partial charge in [0.15, 0.2) is 5.82 Å². The molecular weight excluding hydrogens is 306 g/mol. The van der Waals surface area contributed by atoms with Gasteiger partial charge in [0.05, 0.1) is 18.0 Å². The zero-order chi connectivity index (χ0) is 17.3. The molecule has 0 aliphatic carbocycles. The molecule has 0 aromatic carbocycles. The Kier molecular flexibility index (Phi) is 4.01. The second kappa shape index (κ2) is 5.99. The Balaban J connectivity index is 1.90. The van der Waals surface area contributed by atoms with Gasteiger partial charge in [0.25, 0.3) is 0 Å². The van der Waals surface area contributed by atoms with Crippen LogP contribution in [-0.2, 0) is 10.2 Å². The molecule has 0 spiro atoms. The van der Waals surface area contributed by atoms with Crippen molar-refractivity contribution in [3.8, 4) is 0 Å². The van der Waals surface area contributed by atoms with Gasteiger partial charge < -0.3 is 15.0 Å². The number of anilines is 2. The van der Waals surface area contributed by atoms with Crippen LogP contribution in [0.15, 0.2) is 30.7 Å². The molecule has 0 amide bonds. The second-order valence-electron chi connectivity index (χ2n) is 6.53. The second-order valence-corrected chi connectivity index (χ2v) is 6.53. The smallest absolute Gasteiger partial charge is 0.354 e. The molecule has 3 heterocycles. The van der Waals surface area contributed by atoms with Gasteiger partial charge in [0, 0.05) is 24.0 Å². The fraction of sp³-hybridized carbons (Fsp3) is 0.353. The quantitative estimate of drug-likeness (QED) is 0.718. The summed E-state index contributed by atoms with van der Waals surface area (Å²) >= 11 is 0. The predicted molar refractivity (Wildman–Crippen MR) is 91.7 cm³/mol. The summed E-state index contributed by atoms with van der Waals surface area (Å²) in [6.45, 7) is 8.47. The fourth-order valence-electron chi connectivity index (χ4n) is 2.31. The minimum atomic E-state index is -0.379. The van der Waals surface area contributed by atoms with E-state index in [0.717, 1.165) is 16.9 Å². The molecule has 0 saturated carbocycles. The number of rotatable bonds is 4. The highest BCUT2D eigenvalue weighted by molar-refractivity contribution is 5.89. The minimum absolute atomic E-state index is 0.0472. The van der Waals surface area contributed by atoms with Crippen LogP contribution in [0.3, 0.4) is 0 Å². The molecule has 7 heteroatoms. The maximum Gasteiger partial charge on any atom is 0.354 e. The van der Waals surface area contributed by atoms with Crippen molar-refractivity contribution in [3.05, 3.63) is 42.1 Å². The van der Waals surface area contributed by atoms with Crippen LogP contribution < -0.4 is 5.32 Å². The lowest BCUT2D eigenvalue weighted by Gasteiger charge is -2.13. The van der Waals surface area contributed by atoms with E-state index in [1.165, 1.54) is 0 Å². The van der Waals surface area contributed by atoms with E-state index in [-0.39, 0.29) is 11.4 Å². The van der Waals surface area contributed by atoms with E-state index in [1.54, 1.807) is 29.9 Å². The standard InChI is InChI=1S/C17H21N5O2/c1-5-24-16(23)12-8-11(10-19-12)20-15-13-9-14(17(2,3)4)21-22(13)7-6-18-15/h6-10,19H,5H2,1-4H3,(H,18,20). The van der Waals surface area contributed by atoms with E-state index < -0.39 is 0 Å². The summed E-state index contributed by atoms with van der Waals surface area (Å²) in [5, 5.41) is 7.82. The Hall–Kier alpha value is -2.83. The van der Waals surface area contributed by atoms with Gasteiger partial charge in [-0.15, -0.1) is 0 Å². The zero-order valence-electron chi connectivity index (χ0n) is 14.3. The average Bonchev–Trinajstić information content (AvgIpc) is 3.14. The first kappa shape index (κ1) is 16.0. The van der Waals surface area contributed by atoms with Crippen molar-refractivity contribution in [1.29, 1.82) is 0 Å². The monoisotopic (exact) mass is 327 g/mol. The van der Waals surface area contributed by atoms with Crippen molar-refractivity contribution in [2.75, 3.05) is 11.9 Å². The third-order valence-electron chi connectivity index (χ3n) is 3.60. The largest absolute Gasteiger partial charge is 0.461 e. The number of aromatic nitrogens is 4. The number of fused-ring (bicyclic) bond motifs is 1. The van der Waals surface area contributed by atoms with E-state index in [0.29, 0.717) is 18.1 Å². The van der Waals surface area contributed by atoms with Gasteiger partial charge in [0.2, 0.25) is 0 Å². The van der Waals surface area contributed by atoms with Crippen LogP contribution in [0.25, 0.3) is 5.52 Å². The Morgan fingerprint density at radius 1 is 1.38 bits per heavy atom. The molecule has 3 rings (SSSR count). The predicted octanol–water partition coefficient (Wildman–Crippen LogP) is 3.28. The summed E-state index contributed by atoms with van der Waals surface area (Å²) in [6, 6.07) is 3.72. The van der Waals surface area contributed by atoms with Crippen molar-refractivity contribution in [2.45, 2.75) is 33.1 Å². The van der Waals surface area contributed by atoms with Crippen LogP contribution in [0.2, 0.25) is 0 Å². The maximum atomic E-state index is 11.7. The van der Waals surface area contributed by atoms with Gasteiger partial charge >= 0.3 is 5.97 Å². The van der Waals surface area contributed by atoms with E-state index in [1.807, 2.05) is 12.3 Å². The first-order valence-corrected chi connectivity index (χ1v) is 7.86. The van der Waals surface area contributed by atoms with Gasteiger partial charge in [-0.3, -0.25) is 0 Å². The van der Waals surface area contributed by atoms with Gasteiger partial charge in [-0.2, -0.15) is 5.10 Å². The Labute approximate surface area is 140 Å². The lowest BCUT2D eigenvalue weighted by Crippen LogP contribution is -2.11. The molecule has 3 aromatic heterocycles. The van der Waals surface area contributed by atoms with Crippen LogP contribution in [0, 0.1) is 0 Å². The molecule has 24 heavy (non-hydrogen) atoms. The third kappa shape index (κ3) is 3.10. The van der Waals surface area contributed by atoms with Crippen molar-refractivity contribution in [3.63, 3.8) is 0 Å². The molecular formula is C17H21N5O2. The highest BCUT2D eigenvalue weighted by Gasteiger charge is 2.19. The average molecular weight is 327 g/mol. The fourth-order valence-corrected chi connectivity index (χ4v) is 2.31. The minimum Gasteiger partial charge on any atom is -0.461 e. The van der Waals surface area contributed by atoms with Crippen LogP contribution >= 0.6 is 0 Å². The maximum absolute atomic E-state index is 11.7. The molecule has 0 unspecified atom stereocenters. The Bertz CT molecular complexity index is 873. The summed E-state index contributed by atoms with van der Waals surface area (Å²) in [5.41, 5.74) is 2.95. The van der Waals surface area contributed by atoms with Crippen molar-refractivity contribution in [1.82, 2.24) is 19.6 Å². The van der Waals surface area contributed by atoms with E-state index >= 15 is 0 Å². The first-order valence-electron chi connectivity index (χ1n) is 7.86. The number of hydrogen-bond donors (Lipinski definition) is 2. The molecule has 0 aliphatic rings. The number of carbonyl (C=O) groups excluding carboxylic acids is 1. The van der Waals surface area contributed by atoms with Gasteiger partial charge in [-0.25, -0.2) is 14.3 Å². The van der Waals surface area contributed by atoms with Crippen molar-refractivity contribution >= 4 is 23.0 Å². The van der Waals surface area contributed by atoms with Crippen LogP contribution in [0.1, 0.15) is 43.9 Å². The van der Waals surface area contributed by atoms with Crippen molar-refractivity contribution in [2.24, 2.45) is 0 Å². The lowest BCUT2D eigenvalue weighted by atomic mass is 9.92. The topological polar surface area (TPSA) is 84.3 Å². The molecule has 2 N–H and O–H groups in total. The van der Waals surface area contributed by atoms with E-state index in [2.05, 4.69) is 41.2 Å². The van der Waals surface area contributed by atoms with Gasteiger partial charge in [-0.05, 0) is 19.1 Å². The summed E-state index contributed by atoms with van der Waals surface area (Å²) in [7, 11) is 0. The number of nitrogens with one attached hydrogen (secondary N) is 2. The van der Waals surface area contributed by atoms with Crippen LogP contribution in [0.4, 0.5) is 11.5 Å². The molecule has 3 aromatic rings. The van der Waals surface area contributed by atoms with Crippen LogP contribution in [-0.4, -0.2) is 32.2 Å². The Morgan fingerprint density at radius 2 is 2.17 bits per heavy atom. The number of esters is 1.